The Kier molecular flexibility index (Phi) is 10.3. The Bertz CT molecular complexity index is 1470. The average molecular weight is 586 g/mol. The van der Waals surface area contributed by atoms with Crippen LogP contribution in [0.15, 0.2) is 41.4 Å². The van der Waals surface area contributed by atoms with E-state index >= 15 is 0 Å². The molecular formula is C25H30F3N5O6S. The molecule has 218 valence electrons. The van der Waals surface area contributed by atoms with Crippen molar-refractivity contribution >= 4 is 33.5 Å². The summed E-state index contributed by atoms with van der Waals surface area (Å²) in [5.74, 6) is -3.72. The van der Waals surface area contributed by atoms with Crippen molar-refractivity contribution in [1.29, 1.82) is 0 Å². The number of nitrogens with zero attached hydrogens (tertiary/aromatic N) is 4. The standard InChI is InChI=1S/C23H29N5O4S.C2HF3O2/c1-6-7-28-19(11-17(4)25-28)14-27(5)22-21(23(29)30)12-18(13-24-22)26-33(31,32)20-9-15(2)8-16(3)10-20;3-2(4,5)1(6)7/h8-13,26H,6-7,14H2,1-5H3,(H,29,30);(H,6,7). The van der Waals surface area contributed by atoms with E-state index in [1.165, 1.54) is 12.3 Å². The van der Waals surface area contributed by atoms with Crippen molar-refractivity contribution in [2.75, 3.05) is 16.7 Å². The molecular weight excluding hydrogens is 555 g/mol. The van der Waals surface area contributed by atoms with E-state index < -0.39 is 28.1 Å². The van der Waals surface area contributed by atoms with Gasteiger partial charge in [-0.15, -0.1) is 0 Å². The van der Waals surface area contributed by atoms with Crippen LogP contribution >= 0.6 is 0 Å². The zero-order valence-electron chi connectivity index (χ0n) is 22.4. The van der Waals surface area contributed by atoms with Gasteiger partial charge in [-0.3, -0.25) is 9.40 Å². The van der Waals surface area contributed by atoms with Gasteiger partial charge in [-0.1, -0.05) is 13.0 Å². The molecule has 0 spiro atoms. The molecule has 15 heteroatoms. The van der Waals surface area contributed by atoms with E-state index in [0.717, 1.165) is 35.5 Å². The van der Waals surface area contributed by atoms with Crippen molar-refractivity contribution in [1.82, 2.24) is 14.8 Å². The lowest BCUT2D eigenvalue weighted by atomic mass is 10.2. The van der Waals surface area contributed by atoms with Crippen LogP contribution in [0, 0.1) is 20.8 Å². The molecule has 0 saturated heterocycles. The van der Waals surface area contributed by atoms with Crippen LogP contribution in [0.5, 0.6) is 0 Å². The third kappa shape index (κ3) is 8.69. The number of carbonyl (C=O) groups is 2. The second-order valence-corrected chi connectivity index (χ2v) is 10.7. The first-order chi connectivity index (χ1) is 18.4. The summed E-state index contributed by atoms with van der Waals surface area (Å²) >= 11 is 0. The number of aromatic nitrogens is 3. The number of hydrogen-bond acceptors (Lipinski definition) is 7. The average Bonchev–Trinajstić information content (AvgIpc) is 3.16. The molecule has 2 aromatic heterocycles. The van der Waals surface area contributed by atoms with Gasteiger partial charge in [0.15, 0.2) is 0 Å². The van der Waals surface area contributed by atoms with Gasteiger partial charge < -0.3 is 15.1 Å². The molecule has 0 saturated carbocycles. The fraction of sp³-hybridized carbons (Fsp3) is 0.360. The molecule has 1 aromatic carbocycles. The van der Waals surface area contributed by atoms with Crippen LogP contribution in [-0.4, -0.2) is 58.6 Å². The summed E-state index contributed by atoms with van der Waals surface area (Å²) < 4.78 is 61.8. The van der Waals surface area contributed by atoms with Gasteiger partial charge in [0.05, 0.1) is 34.7 Å². The zero-order valence-corrected chi connectivity index (χ0v) is 23.3. The number of nitrogens with one attached hydrogen (secondary N) is 1. The van der Waals surface area contributed by atoms with E-state index in [-0.39, 0.29) is 22.0 Å². The molecule has 40 heavy (non-hydrogen) atoms. The van der Waals surface area contributed by atoms with E-state index in [4.69, 9.17) is 9.90 Å². The molecule has 0 aliphatic carbocycles. The van der Waals surface area contributed by atoms with Crippen LogP contribution in [0.2, 0.25) is 0 Å². The minimum Gasteiger partial charge on any atom is -0.478 e. The highest BCUT2D eigenvalue weighted by Crippen LogP contribution is 2.25. The quantitative estimate of drug-likeness (QED) is 0.332. The maximum atomic E-state index is 12.8. The van der Waals surface area contributed by atoms with Gasteiger partial charge in [-0.2, -0.15) is 18.3 Å². The van der Waals surface area contributed by atoms with Crippen molar-refractivity contribution in [3.05, 3.63) is 64.6 Å². The molecule has 0 bridgehead atoms. The lowest BCUT2D eigenvalue weighted by Crippen LogP contribution is -2.23. The second kappa shape index (κ2) is 12.8. The van der Waals surface area contributed by atoms with Crippen molar-refractivity contribution in [2.24, 2.45) is 0 Å². The number of carboxylic acid groups (broad SMARTS) is 2. The van der Waals surface area contributed by atoms with Gasteiger partial charge in [-0.25, -0.2) is 23.0 Å². The maximum absolute atomic E-state index is 12.8. The van der Waals surface area contributed by atoms with Gasteiger partial charge in [0.2, 0.25) is 0 Å². The fourth-order valence-corrected chi connectivity index (χ4v) is 4.95. The Labute approximate surface area is 229 Å². The van der Waals surface area contributed by atoms with E-state index in [9.17, 15) is 31.5 Å². The predicted octanol–water partition coefficient (Wildman–Crippen LogP) is 4.38. The van der Waals surface area contributed by atoms with Gasteiger partial charge in [0.25, 0.3) is 10.0 Å². The number of rotatable bonds is 9. The summed E-state index contributed by atoms with van der Waals surface area (Å²) in [6.07, 6.45) is -2.83. The number of aromatic carboxylic acids is 1. The summed E-state index contributed by atoms with van der Waals surface area (Å²) in [4.78, 5) is 27.0. The molecule has 3 rings (SSSR count). The Morgan fingerprint density at radius 1 is 1.05 bits per heavy atom. The van der Waals surface area contributed by atoms with Crippen LogP contribution in [0.1, 0.15) is 46.2 Å². The molecule has 0 atom stereocenters. The first-order valence-corrected chi connectivity index (χ1v) is 13.3. The Morgan fingerprint density at radius 3 is 2.12 bits per heavy atom. The topological polar surface area (TPSA) is 155 Å². The van der Waals surface area contributed by atoms with Crippen LogP contribution < -0.4 is 9.62 Å². The molecule has 0 aliphatic heterocycles. The molecule has 0 amide bonds. The molecule has 11 nitrogen and oxygen atoms in total. The second-order valence-electron chi connectivity index (χ2n) is 8.99. The van der Waals surface area contributed by atoms with Crippen LogP contribution in [0.4, 0.5) is 24.7 Å². The maximum Gasteiger partial charge on any atom is 0.490 e. The van der Waals surface area contributed by atoms with Gasteiger partial charge in [0, 0.05) is 13.6 Å². The highest BCUT2D eigenvalue weighted by molar-refractivity contribution is 7.92. The van der Waals surface area contributed by atoms with Crippen LogP contribution in [-0.2, 0) is 27.9 Å². The van der Waals surface area contributed by atoms with Crippen molar-refractivity contribution in [2.45, 2.75) is 58.3 Å². The van der Waals surface area contributed by atoms with Gasteiger partial charge in [0.1, 0.15) is 11.4 Å². The fourth-order valence-electron chi connectivity index (χ4n) is 3.73. The lowest BCUT2D eigenvalue weighted by Gasteiger charge is -2.21. The first-order valence-electron chi connectivity index (χ1n) is 11.8. The minimum atomic E-state index is -5.08. The zero-order chi connectivity index (χ0) is 30.4. The number of benzene rings is 1. The molecule has 2 heterocycles. The Morgan fingerprint density at radius 2 is 1.62 bits per heavy atom. The number of sulfonamides is 1. The molecule has 0 radical (unpaired) electrons. The highest BCUT2D eigenvalue weighted by atomic mass is 32.2. The molecule has 0 aliphatic rings. The first kappa shape index (κ1) is 32.1. The van der Waals surface area contributed by atoms with Crippen LogP contribution in [0.25, 0.3) is 0 Å². The number of pyridine rings is 1. The number of anilines is 2. The Hall–Kier alpha value is -4.14. The summed E-state index contributed by atoms with van der Waals surface area (Å²) in [7, 11) is -2.16. The number of alkyl halides is 3. The summed E-state index contributed by atoms with van der Waals surface area (Å²) in [5, 5.41) is 21.4. The molecule has 0 fully saturated rings. The smallest absolute Gasteiger partial charge is 0.478 e. The summed E-state index contributed by atoms with van der Waals surface area (Å²) in [6, 6.07) is 8.24. The molecule has 3 N–H and O–H groups in total. The van der Waals surface area contributed by atoms with Gasteiger partial charge in [-0.05, 0) is 62.6 Å². The van der Waals surface area contributed by atoms with Crippen molar-refractivity contribution in [3.8, 4) is 0 Å². The van der Waals surface area contributed by atoms with Crippen LogP contribution in [0.3, 0.4) is 0 Å². The lowest BCUT2D eigenvalue weighted by molar-refractivity contribution is -0.192. The Balaban J connectivity index is 0.000000708. The monoisotopic (exact) mass is 585 g/mol. The van der Waals surface area contributed by atoms with E-state index in [1.807, 2.05) is 37.6 Å². The third-order valence-electron chi connectivity index (χ3n) is 5.28. The van der Waals surface area contributed by atoms with Crippen molar-refractivity contribution < 1.29 is 41.4 Å². The van der Waals surface area contributed by atoms with E-state index in [0.29, 0.717) is 6.54 Å². The summed E-state index contributed by atoms with van der Waals surface area (Å²) in [6.45, 7) is 8.76. The molecule has 3 aromatic rings. The largest absolute Gasteiger partial charge is 0.490 e. The van der Waals surface area contributed by atoms with Crippen molar-refractivity contribution in [3.63, 3.8) is 0 Å². The number of carboxylic acids is 2. The van der Waals surface area contributed by atoms with E-state index in [1.54, 1.807) is 24.1 Å². The highest BCUT2D eigenvalue weighted by Gasteiger charge is 2.38. The number of aryl methyl sites for hydroxylation is 4. The predicted molar refractivity (Wildman–Crippen MR) is 141 cm³/mol. The van der Waals surface area contributed by atoms with E-state index in [2.05, 4.69) is 21.7 Å². The SMILES string of the molecule is CCCn1nc(C)cc1CN(C)c1ncc(NS(=O)(=O)c2cc(C)cc(C)c2)cc1C(=O)O.O=C(O)C(F)(F)F. The third-order valence-corrected chi connectivity index (χ3v) is 6.64. The normalized spacial score (nSPS) is 11.4. The molecule has 0 unspecified atom stereocenters. The number of aliphatic carboxylic acids is 1. The minimum absolute atomic E-state index is 0.0792. The number of hydrogen-bond donors (Lipinski definition) is 3. The summed E-state index contributed by atoms with van der Waals surface area (Å²) in [5.41, 5.74) is 3.43. The van der Waals surface area contributed by atoms with Gasteiger partial charge >= 0.3 is 18.1 Å². The number of halogens is 3.